The molecule has 0 saturated carbocycles. The molecule has 0 bridgehead atoms. The molecule has 1 aromatic heterocycles. The topological polar surface area (TPSA) is 80.1 Å². The maximum Gasteiger partial charge on any atom is 0.242 e. The number of sulfonamides is 1. The fraction of sp³-hybridized carbons (Fsp3) is 0.385. The minimum atomic E-state index is -3.37. The van der Waals surface area contributed by atoms with Gasteiger partial charge < -0.3 is 5.32 Å². The van der Waals surface area contributed by atoms with Gasteiger partial charge in [0.25, 0.3) is 0 Å². The van der Waals surface area contributed by atoms with Gasteiger partial charge >= 0.3 is 0 Å². The molecular formula is C13H19N5O2S. The van der Waals surface area contributed by atoms with Crippen molar-refractivity contribution >= 4 is 15.7 Å². The third-order valence-electron chi connectivity index (χ3n) is 2.96. The van der Waals surface area contributed by atoms with Crippen LogP contribution in [-0.4, -0.2) is 48.1 Å². The van der Waals surface area contributed by atoms with E-state index in [9.17, 15) is 8.42 Å². The highest BCUT2D eigenvalue weighted by Gasteiger charge is 2.16. The predicted octanol–water partition coefficient (Wildman–Crippen LogP) is 0.720. The van der Waals surface area contributed by atoms with E-state index in [1.54, 1.807) is 35.3 Å². The van der Waals surface area contributed by atoms with E-state index in [1.807, 2.05) is 7.05 Å². The summed E-state index contributed by atoms with van der Waals surface area (Å²) in [4.78, 5) is 4.42. The monoisotopic (exact) mass is 309 g/mol. The average molecular weight is 309 g/mol. The number of nitrogens with zero attached hydrogens (tertiary/aromatic N) is 4. The van der Waals surface area contributed by atoms with Crippen LogP contribution in [0.1, 0.15) is 5.82 Å². The van der Waals surface area contributed by atoms with Crippen LogP contribution in [0.25, 0.3) is 0 Å². The van der Waals surface area contributed by atoms with Gasteiger partial charge in [0, 0.05) is 39.8 Å². The molecule has 0 saturated heterocycles. The zero-order valence-electron chi connectivity index (χ0n) is 12.3. The normalized spacial score (nSPS) is 11.8. The molecule has 8 heteroatoms. The van der Waals surface area contributed by atoms with E-state index in [4.69, 9.17) is 0 Å². The number of nitrogens with one attached hydrogen (secondary N) is 1. The molecule has 0 spiro atoms. The van der Waals surface area contributed by atoms with E-state index in [-0.39, 0.29) is 4.90 Å². The molecule has 2 rings (SSSR count). The summed E-state index contributed by atoms with van der Waals surface area (Å²) in [6.45, 7) is 0.684. The highest BCUT2D eigenvalue weighted by atomic mass is 32.2. The fourth-order valence-electron chi connectivity index (χ4n) is 1.77. The summed E-state index contributed by atoms with van der Waals surface area (Å²) < 4.78 is 26.7. The van der Waals surface area contributed by atoms with Crippen LogP contribution in [-0.2, 0) is 23.5 Å². The van der Waals surface area contributed by atoms with Crippen molar-refractivity contribution < 1.29 is 8.42 Å². The van der Waals surface area contributed by atoms with Crippen LogP contribution in [0.15, 0.2) is 35.5 Å². The van der Waals surface area contributed by atoms with Gasteiger partial charge in [0.2, 0.25) is 10.0 Å². The van der Waals surface area contributed by atoms with Crippen LogP contribution in [0.4, 0.5) is 5.69 Å². The summed E-state index contributed by atoms with van der Waals surface area (Å²) in [5, 5.41) is 7.40. The van der Waals surface area contributed by atoms with Crippen molar-refractivity contribution in [1.82, 2.24) is 19.1 Å². The number of aromatic nitrogens is 3. The molecule has 1 heterocycles. The Morgan fingerprint density at radius 2 is 1.90 bits per heavy atom. The van der Waals surface area contributed by atoms with Gasteiger partial charge in [-0.15, -0.1) is 0 Å². The van der Waals surface area contributed by atoms with Gasteiger partial charge in [-0.05, 0) is 24.3 Å². The van der Waals surface area contributed by atoms with Gasteiger partial charge in [-0.3, -0.25) is 4.68 Å². The minimum absolute atomic E-state index is 0.282. The first-order valence-corrected chi connectivity index (χ1v) is 7.94. The van der Waals surface area contributed by atoms with Gasteiger partial charge in [0.05, 0.1) is 4.90 Å². The van der Waals surface area contributed by atoms with Crippen LogP contribution < -0.4 is 5.32 Å². The lowest BCUT2D eigenvalue weighted by molar-refractivity contribution is 0.521. The summed E-state index contributed by atoms with van der Waals surface area (Å²) in [5.41, 5.74) is 0.864. The van der Waals surface area contributed by atoms with E-state index >= 15 is 0 Å². The lowest BCUT2D eigenvalue weighted by Crippen LogP contribution is -2.22. The molecule has 0 unspecified atom stereocenters. The maximum absolute atomic E-state index is 11.9. The first kappa shape index (κ1) is 15.5. The van der Waals surface area contributed by atoms with Crippen molar-refractivity contribution in [3.05, 3.63) is 36.4 Å². The largest absolute Gasteiger partial charge is 0.385 e. The van der Waals surface area contributed by atoms with Crippen LogP contribution >= 0.6 is 0 Å². The second kappa shape index (κ2) is 6.23. The van der Waals surface area contributed by atoms with Crippen molar-refractivity contribution in [2.24, 2.45) is 7.05 Å². The number of aryl methyl sites for hydroxylation is 1. The van der Waals surface area contributed by atoms with E-state index < -0.39 is 10.0 Å². The zero-order chi connectivity index (χ0) is 15.5. The lowest BCUT2D eigenvalue weighted by Gasteiger charge is -2.12. The Bertz CT molecular complexity index is 692. The highest BCUT2D eigenvalue weighted by molar-refractivity contribution is 7.89. The van der Waals surface area contributed by atoms with Crippen LogP contribution in [0.5, 0.6) is 0 Å². The van der Waals surface area contributed by atoms with Gasteiger partial charge in [0.15, 0.2) is 5.82 Å². The van der Waals surface area contributed by atoms with Crippen LogP contribution in [0, 0.1) is 0 Å². The molecular weight excluding hydrogens is 290 g/mol. The number of rotatable bonds is 6. The van der Waals surface area contributed by atoms with Crippen LogP contribution in [0.3, 0.4) is 0 Å². The standard InChI is InChI=1S/C13H19N5O2S/c1-17(2)21(19,20)12-6-4-11(5-7-12)14-9-8-13-15-10-18(3)16-13/h4-7,10,14H,8-9H2,1-3H3. The zero-order valence-corrected chi connectivity index (χ0v) is 13.1. The smallest absolute Gasteiger partial charge is 0.242 e. The van der Waals surface area contributed by atoms with Gasteiger partial charge in [-0.2, -0.15) is 5.10 Å². The molecule has 0 aliphatic rings. The van der Waals surface area contributed by atoms with E-state index in [2.05, 4.69) is 15.4 Å². The van der Waals surface area contributed by atoms with Crippen molar-refractivity contribution in [1.29, 1.82) is 0 Å². The molecule has 0 aliphatic carbocycles. The quantitative estimate of drug-likeness (QED) is 0.850. The molecule has 0 amide bonds. The summed E-state index contributed by atoms with van der Waals surface area (Å²) in [6, 6.07) is 6.69. The molecule has 2 aromatic rings. The fourth-order valence-corrected chi connectivity index (χ4v) is 2.67. The third-order valence-corrected chi connectivity index (χ3v) is 4.79. The van der Waals surface area contributed by atoms with Crippen molar-refractivity contribution in [3.8, 4) is 0 Å². The minimum Gasteiger partial charge on any atom is -0.385 e. The Labute approximate surface area is 124 Å². The molecule has 21 heavy (non-hydrogen) atoms. The summed E-state index contributed by atoms with van der Waals surface area (Å²) in [6.07, 6.45) is 2.37. The van der Waals surface area contributed by atoms with Crippen LogP contribution in [0.2, 0.25) is 0 Å². The van der Waals surface area contributed by atoms with Crippen molar-refractivity contribution in [2.75, 3.05) is 26.0 Å². The Hall–Kier alpha value is -1.93. The van der Waals surface area contributed by atoms with E-state index in [0.717, 1.165) is 11.5 Å². The van der Waals surface area contributed by atoms with Crippen molar-refractivity contribution in [2.45, 2.75) is 11.3 Å². The molecule has 7 nitrogen and oxygen atoms in total. The second-order valence-corrected chi connectivity index (χ2v) is 6.97. The molecule has 0 radical (unpaired) electrons. The Morgan fingerprint density at radius 1 is 1.24 bits per heavy atom. The number of hydrogen-bond acceptors (Lipinski definition) is 5. The Kier molecular flexibility index (Phi) is 4.59. The number of anilines is 1. The maximum atomic E-state index is 11.9. The first-order chi connectivity index (χ1) is 9.89. The summed E-state index contributed by atoms with van der Waals surface area (Å²) in [7, 11) is 1.49. The summed E-state index contributed by atoms with van der Waals surface area (Å²) in [5.74, 6) is 0.775. The first-order valence-electron chi connectivity index (χ1n) is 6.50. The molecule has 1 aromatic carbocycles. The molecule has 0 aliphatic heterocycles. The second-order valence-electron chi connectivity index (χ2n) is 4.82. The van der Waals surface area contributed by atoms with E-state index in [1.165, 1.54) is 18.4 Å². The molecule has 1 N–H and O–H groups in total. The van der Waals surface area contributed by atoms with Crippen molar-refractivity contribution in [3.63, 3.8) is 0 Å². The highest BCUT2D eigenvalue weighted by Crippen LogP contribution is 2.16. The predicted molar refractivity (Wildman–Crippen MR) is 80.5 cm³/mol. The van der Waals surface area contributed by atoms with Gasteiger partial charge in [-0.1, -0.05) is 0 Å². The Balaban J connectivity index is 1.94. The average Bonchev–Trinajstić information content (AvgIpc) is 2.85. The lowest BCUT2D eigenvalue weighted by atomic mass is 10.3. The molecule has 0 atom stereocenters. The molecule has 0 fully saturated rings. The van der Waals surface area contributed by atoms with E-state index in [0.29, 0.717) is 13.0 Å². The molecule has 114 valence electrons. The van der Waals surface area contributed by atoms with Gasteiger partial charge in [0.1, 0.15) is 6.33 Å². The van der Waals surface area contributed by atoms with Gasteiger partial charge in [-0.25, -0.2) is 17.7 Å². The number of hydrogen-bond donors (Lipinski definition) is 1. The number of benzene rings is 1. The third kappa shape index (κ3) is 3.79. The summed E-state index contributed by atoms with van der Waals surface area (Å²) >= 11 is 0. The SMILES string of the molecule is CN(C)S(=O)(=O)c1ccc(NCCc2ncn(C)n2)cc1. The Morgan fingerprint density at radius 3 is 2.43 bits per heavy atom.